The van der Waals surface area contributed by atoms with Gasteiger partial charge in [0.15, 0.2) is 0 Å². The monoisotopic (exact) mass is 411 g/mol. The number of amides is 4. The third kappa shape index (κ3) is 3.98. The minimum Gasteiger partial charge on any atom is -0.342 e. The second kappa shape index (κ2) is 7.87. The summed E-state index contributed by atoms with van der Waals surface area (Å²) in [5.74, 6) is -0.184. The van der Waals surface area contributed by atoms with Gasteiger partial charge >= 0.3 is 6.03 Å². The van der Waals surface area contributed by atoms with E-state index in [1.165, 1.54) is 4.90 Å². The number of likely N-dealkylation sites (tertiary alicyclic amines) is 1. The number of hydrogen-bond donors (Lipinski definition) is 1. The topological polar surface area (TPSA) is 69.7 Å². The minimum absolute atomic E-state index is 0.0140. The number of nitrogens with one attached hydrogen (secondary N) is 1. The van der Waals surface area contributed by atoms with Crippen molar-refractivity contribution in [3.05, 3.63) is 70.7 Å². The fraction of sp³-hybridized carbons (Fsp3) is 0.318. The zero-order chi connectivity index (χ0) is 20.4. The number of carbonyl (C=O) groups excluding carboxylic acids is 3. The predicted octanol–water partition coefficient (Wildman–Crippen LogP) is 3.00. The van der Waals surface area contributed by atoms with Gasteiger partial charge in [-0.3, -0.25) is 14.5 Å². The van der Waals surface area contributed by atoms with Gasteiger partial charge in [0.2, 0.25) is 5.91 Å². The van der Waals surface area contributed by atoms with Crippen LogP contribution in [0.5, 0.6) is 0 Å². The molecule has 0 atom stereocenters. The number of imide groups is 1. The number of carbonyl (C=O) groups is 3. The van der Waals surface area contributed by atoms with E-state index in [4.69, 9.17) is 11.6 Å². The average molecular weight is 412 g/mol. The first kappa shape index (κ1) is 19.5. The summed E-state index contributed by atoms with van der Waals surface area (Å²) in [6.07, 6.45) is 1.15. The first-order chi connectivity index (χ1) is 14.0. The predicted molar refractivity (Wildman–Crippen MR) is 109 cm³/mol. The lowest BCUT2D eigenvalue weighted by Gasteiger charge is -2.37. The molecular formula is C22H22ClN3O3. The highest BCUT2D eigenvalue weighted by atomic mass is 35.5. The molecule has 2 aliphatic heterocycles. The third-order valence-electron chi connectivity index (χ3n) is 5.67. The van der Waals surface area contributed by atoms with Gasteiger partial charge in [-0.2, -0.15) is 0 Å². The van der Waals surface area contributed by atoms with Crippen molar-refractivity contribution in [3.63, 3.8) is 0 Å². The van der Waals surface area contributed by atoms with Crippen LogP contribution in [-0.4, -0.2) is 46.3 Å². The third-order valence-corrected chi connectivity index (χ3v) is 5.92. The summed E-state index contributed by atoms with van der Waals surface area (Å²) in [6.45, 7) is 1.14. The molecule has 2 fully saturated rings. The summed E-state index contributed by atoms with van der Waals surface area (Å²) in [5.41, 5.74) is 0.908. The number of rotatable bonds is 4. The van der Waals surface area contributed by atoms with Crippen molar-refractivity contribution in [2.75, 3.05) is 13.1 Å². The second-order valence-electron chi connectivity index (χ2n) is 7.57. The Labute approximate surface area is 174 Å². The molecule has 0 aromatic heterocycles. The van der Waals surface area contributed by atoms with Gasteiger partial charge in [-0.25, -0.2) is 4.79 Å². The summed E-state index contributed by atoms with van der Waals surface area (Å²) < 4.78 is 0. The SMILES string of the molecule is O=C(Cc1ccc(Cl)cc1)N1CCC2(CC1)NC(=O)N(Cc1ccccc1)C2=O. The van der Waals surface area contributed by atoms with Crippen molar-refractivity contribution in [1.29, 1.82) is 0 Å². The largest absolute Gasteiger partial charge is 0.342 e. The molecule has 150 valence electrons. The Morgan fingerprint density at radius 1 is 0.966 bits per heavy atom. The zero-order valence-corrected chi connectivity index (χ0v) is 16.7. The molecule has 1 spiro atoms. The molecule has 6 nitrogen and oxygen atoms in total. The molecule has 0 unspecified atom stereocenters. The van der Waals surface area contributed by atoms with E-state index >= 15 is 0 Å². The number of benzene rings is 2. The Kier molecular flexibility index (Phi) is 5.28. The van der Waals surface area contributed by atoms with Crippen LogP contribution in [0.4, 0.5) is 4.79 Å². The number of nitrogens with zero attached hydrogens (tertiary/aromatic N) is 2. The highest BCUT2D eigenvalue weighted by molar-refractivity contribution is 6.30. The molecule has 0 radical (unpaired) electrons. The van der Waals surface area contributed by atoms with E-state index in [0.29, 0.717) is 37.4 Å². The van der Waals surface area contributed by atoms with E-state index in [1.54, 1.807) is 17.0 Å². The van der Waals surface area contributed by atoms with Crippen LogP contribution >= 0.6 is 11.6 Å². The molecule has 7 heteroatoms. The quantitative estimate of drug-likeness (QED) is 0.786. The van der Waals surface area contributed by atoms with Crippen LogP contribution in [0, 0.1) is 0 Å². The first-order valence-corrected chi connectivity index (χ1v) is 10.0. The maximum absolute atomic E-state index is 13.0. The van der Waals surface area contributed by atoms with E-state index in [1.807, 2.05) is 42.5 Å². The van der Waals surface area contributed by atoms with E-state index in [0.717, 1.165) is 11.1 Å². The maximum atomic E-state index is 13.0. The molecule has 1 N–H and O–H groups in total. The van der Waals surface area contributed by atoms with Gasteiger partial charge < -0.3 is 10.2 Å². The van der Waals surface area contributed by atoms with Crippen LogP contribution in [0.15, 0.2) is 54.6 Å². The van der Waals surface area contributed by atoms with Gasteiger partial charge in [0.25, 0.3) is 5.91 Å². The Morgan fingerprint density at radius 3 is 2.28 bits per heavy atom. The highest BCUT2D eigenvalue weighted by Crippen LogP contribution is 2.30. The second-order valence-corrected chi connectivity index (χ2v) is 8.01. The molecule has 0 aliphatic carbocycles. The van der Waals surface area contributed by atoms with Crippen molar-refractivity contribution in [1.82, 2.24) is 15.1 Å². The molecule has 2 aliphatic rings. The maximum Gasteiger partial charge on any atom is 0.325 e. The first-order valence-electron chi connectivity index (χ1n) is 9.67. The lowest BCUT2D eigenvalue weighted by Crippen LogP contribution is -2.56. The number of urea groups is 1. The van der Waals surface area contributed by atoms with Crippen molar-refractivity contribution in [2.24, 2.45) is 0 Å². The van der Waals surface area contributed by atoms with E-state index in [2.05, 4.69) is 5.32 Å². The Balaban J connectivity index is 1.38. The van der Waals surface area contributed by atoms with E-state index in [9.17, 15) is 14.4 Å². The fourth-order valence-electron chi connectivity index (χ4n) is 3.95. The molecule has 4 amide bonds. The molecular weight excluding hydrogens is 390 g/mol. The molecule has 2 heterocycles. The summed E-state index contributed by atoms with van der Waals surface area (Å²) in [6, 6.07) is 16.3. The molecule has 29 heavy (non-hydrogen) atoms. The summed E-state index contributed by atoms with van der Waals surface area (Å²) in [7, 11) is 0. The van der Waals surface area contributed by atoms with Gasteiger partial charge in [0.1, 0.15) is 5.54 Å². The van der Waals surface area contributed by atoms with Crippen molar-refractivity contribution >= 4 is 29.4 Å². The van der Waals surface area contributed by atoms with Gasteiger partial charge in [0.05, 0.1) is 13.0 Å². The number of hydrogen-bond acceptors (Lipinski definition) is 3. The van der Waals surface area contributed by atoms with Crippen LogP contribution in [0.3, 0.4) is 0 Å². The fourth-order valence-corrected chi connectivity index (χ4v) is 4.08. The molecule has 2 saturated heterocycles. The van der Waals surface area contributed by atoms with Crippen molar-refractivity contribution in [3.8, 4) is 0 Å². The number of piperidine rings is 1. The molecule has 0 bridgehead atoms. The van der Waals surface area contributed by atoms with E-state index < -0.39 is 5.54 Å². The minimum atomic E-state index is -0.900. The number of halogens is 1. The molecule has 4 rings (SSSR count). The normalized spacial score (nSPS) is 18.2. The Morgan fingerprint density at radius 2 is 1.62 bits per heavy atom. The molecule has 2 aromatic rings. The highest BCUT2D eigenvalue weighted by Gasteiger charge is 2.52. The van der Waals surface area contributed by atoms with Crippen LogP contribution < -0.4 is 5.32 Å². The molecule has 2 aromatic carbocycles. The lowest BCUT2D eigenvalue weighted by atomic mass is 9.87. The Hall–Kier alpha value is -2.86. The lowest BCUT2D eigenvalue weighted by molar-refractivity contribution is -0.138. The van der Waals surface area contributed by atoms with Crippen molar-refractivity contribution < 1.29 is 14.4 Å². The van der Waals surface area contributed by atoms with Gasteiger partial charge in [0, 0.05) is 18.1 Å². The van der Waals surface area contributed by atoms with E-state index in [-0.39, 0.29) is 24.4 Å². The zero-order valence-electron chi connectivity index (χ0n) is 15.9. The molecule has 0 saturated carbocycles. The van der Waals surface area contributed by atoms with Gasteiger partial charge in [-0.05, 0) is 36.1 Å². The van der Waals surface area contributed by atoms with Crippen LogP contribution in [-0.2, 0) is 22.6 Å². The summed E-state index contributed by atoms with van der Waals surface area (Å²) >= 11 is 5.89. The Bertz CT molecular complexity index is 922. The summed E-state index contributed by atoms with van der Waals surface area (Å²) in [4.78, 5) is 41.1. The van der Waals surface area contributed by atoms with Crippen LogP contribution in [0.25, 0.3) is 0 Å². The average Bonchev–Trinajstić information content (AvgIpc) is 2.95. The smallest absolute Gasteiger partial charge is 0.325 e. The standard InChI is InChI=1S/C22H22ClN3O3/c23-18-8-6-16(7-9-18)14-19(27)25-12-10-22(11-13-25)20(28)26(21(29)24-22)15-17-4-2-1-3-5-17/h1-9H,10-15H2,(H,24,29). The van der Waals surface area contributed by atoms with Gasteiger partial charge in [-0.15, -0.1) is 0 Å². The summed E-state index contributed by atoms with van der Waals surface area (Å²) in [5, 5.41) is 3.53. The van der Waals surface area contributed by atoms with Crippen molar-refractivity contribution in [2.45, 2.75) is 31.3 Å². The van der Waals surface area contributed by atoms with Crippen LogP contribution in [0.1, 0.15) is 24.0 Å². The van der Waals surface area contributed by atoms with Crippen LogP contribution in [0.2, 0.25) is 5.02 Å². The van der Waals surface area contributed by atoms with Gasteiger partial charge in [-0.1, -0.05) is 54.1 Å².